The van der Waals surface area contributed by atoms with Gasteiger partial charge < -0.3 is 28.7 Å². The maximum absolute atomic E-state index is 13.8. The molecule has 5 aliphatic rings. The van der Waals surface area contributed by atoms with Crippen molar-refractivity contribution in [1.29, 1.82) is 0 Å². The lowest BCUT2D eigenvalue weighted by Gasteiger charge is -2.21. The van der Waals surface area contributed by atoms with Crippen molar-refractivity contribution in [2.75, 3.05) is 34.0 Å². The second kappa shape index (κ2) is 12.0. The van der Waals surface area contributed by atoms with E-state index in [1.165, 1.54) is 12.8 Å². The molecular formula is C39H41N3O6. The van der Waals surface area contributed by atoms with Crippen molar-refractivity contribution in [3.05, 3.63) is 82.5 Å². The molecule has 1 spiro atoms. The summed E-state index contributed by atoms with van der Waals surface area (Å²) in [5.41, 5.74) is 6.42. The fourth-order valence-electron chi connectivity index (χ4n) is 7.75. The van der Waals surface area contributed by atoms with Gasteiger partial charge in [-0.1, -0.05) is 12.1 Å². The van der Waals surface area contributed by atoms with Gasteiger partial charge in [-0.25, -0.2) is 0 Å². The van der Waals surface area contributed by atoms with Gasteiger partial charge in [0.05, 0.1) is 44.7 Å². The summed E-state index contributed by atoms with van der Waals surface area (Å²) in [6, 6.07) is 15.8. The molecule has 9 nitrogen and oxygen atoms in total. The van der Waals surface area contributed by atoms with E-state index in [2.05, 4.69) is 6.07 Å². The molecule has 9 heteroatoms. The second-order valence-corrected chi connectivity index (χ2v) is 13.8. The maximum atomic E-state index is 13.8. The van der Waals surface area contributed by atoms with E-state index in [4.69, 9.17) is 23.9 Å². The van der Waals surface area contributed by atoms with E-state index in [1.54, 1.807) is 14.2 Å². The van der Waals surface area contributed by atoms with Gasteiger partial charge in [-0.15, -0.1) is 0 Å². The zero-order valence-electron chi connectivity index (χ0n) is 27.8. The van der Waals surface area contributed by atoms with Gasteiger partial charge in [-0.05, 0) is 103 Å². The lowest BCUT2D eigenvalue weighted by atomic mass is 9.97. The third-order valence-electron chi connectivity index (χ3n) is 10.7. The highest BCUT2D eigenvalue weighted by Crippen LogP contribution is 2.55. The molecule has 0 unspecified atom stereocenters. The highest BCUT2D eigenvalue weighted by Gasteiger charge is 2.53. The predicted molar refractivity (Wildman–Crippen MR) is 183 cm³/mol. The molecule has 3 aromatic rings. The van der Waals surface area contributed by atoms with E-state index in [0.29, 0.717) is 53.4 Å². The fourth-order valence-corrected chi connectivity index (χ4v) is 7.75. The molecule has 4 heterocycles. The Balaban J connectivity index is 0.904. The normalized spacial score (nSPS) is 21.5. The molecule has 1 saturated heterocycles. The lowest BCUT2D eigenvalue weighted by Crippen LogP contribution is -2.35. The number of rotatable bonds is 9. The number of hydrogen-bond donors (Lipinski definition) is 0. The Hall–Kier alpha value is -4.79. The molecule has 2 amide bonds. The summed E-state index contributed by atoms with van der Waals surface area (Å²) >= 11 is 0. The van der Waals surface area contributed by atoms with Crippen molar-refractivity contribution in [2.24, 2.45) is 10.4 Å². The van der Waals surface area contributed by atoms with Crippen LogP contribution < -0.4 is 18.9 Å². The quantitative estimate of drug-likeness (QED) is 0.238. The minimum atomic E-state index is -0.0157. The molecule has 248 valence electrons. The van der Waals surface area contributed by atoms with E-state index in [1.807, 2.05) is 71.6 Å². The number of hydrogen-bond acceptors (Lipinski definition) is 7. The number of benzene rings is 3. The van der Waals surface area contributed by atoms with Gasteiger partial charge in [0.2, 0.25) is 0 Å². The molecule has 0 aromatic heterocycles. The van der Waals surface area contributed by atoms with Crippen LogP contribution in [0.25, 0.3) is 5.57 Å². The first kappa shape index (κ1) is 30.5. The van der Waals surface area contributed by atoms with Crippen molar-refractivity contribution in [3.63, 3.8) is 0 Å². The minimum Gasteiger partial charge on any atom is -0.497 e. The smallest absolute Gasteiger partial charge is 0.258 e. The Kier molecular flexibility index (Phi) is 7.65. The van der Waals surface area contributed by atoms with Crippen LogP contribution in [0.15, 0.2) is 59.7 Å². The summed E-state index contributed by atoms with van der Waals surface area (Å²) in [6.45, 7) is 3.68. The van der Waals surface area contributed by atoms with E-state index < -0.39 is 0 Å². The average molecular weight is 648 g/mol. The van der Waals surface area contributed by atoms with Crippen molar-refractivity contribution < 1.29 is 28.5 Å². The number of aliphatic imine (C=N–C) groups is 1. The summed E-state index contributed by atoms with van der Waals surface area (Å²) in [7, 11) is 3.26. The van der Waals surface area contributed by atoms with Gasteiger partial charge in [0.25, 0.3) is 11.8 Å². The summed E-state index contributed by atoms with van der Waals surface area (Å²) in [4.78, 5) is 35.8. The molecule has 48 heavy (non-hydrogen) atoms. The molecule has 3 aromatic carbocycles. The van der Waals surface area contributed by atoms with Gasteiger partial charge in [-0.3, -0.25) is 14.6 Å². The molecule has 8 rings (SSSR count). The number of fused-ring (bicyclic) bond motifs is 4. The highest BCUT2D eigenvalue weighted by atomic mass is 16.5. The van der Waals surface area contributed by atoms with Gasteiger partial charge in [0, 0.05) is 43.1 Å². The number of aryl methyl sites for hydroxylation is 2. The van der Waals surface area contributed by atoms with Crippen molar-refractivity contribution in [1.82, 2.24) is 9.80 Å². The Morgan fingerprint density at radius 1 is 0.917 bits per heavy atom. The molecule has 2 fully saturated rings. The molecule has 0 bridgehead atoms. The molecular weight excluding hydrogens is 606 g/mol. The van der Waals surface area contributed by atoms with Gasteiger partial charge in [0.15, 0.2) is 11.5 Å². The second-order valence-electron chi connectivity index (χ2n) is 13.8. The zero-order chi connectivity index (χ0) is 33.0. The first-order chi connectivity index (χ1) is 23.3. The van der Waals surface area contributed by atoms with Crippen molar-refractivity contribution >= 4 is 29.3 Å². The van der Waals surface area contributed by atoms with Crippen LogP contribution in [0.2, 0.25) is 0 Å². The van der Waals surface area contributed by atoms with Crippen LogP contribution in [0.4, 0.5) is 5.69 Å². The van der Waals surface area contributed by atoms with Gasteiger partial charge in [-0.2, -0.15) is 0 Å². The number of methoxy groups -OCH3 is 2. The van der Waals surface area contributed by atoms with Gasteiger partial charge in [0.1, 0.15) is 11.5 Å². The Morgan fingerprint density at radius 2 is 1.75 bits per heavy atom. The first-order valence-electron chi connectivity index (χ1n) is 17.0. The maximum Gasteiger partial charge on any atom is 0.258 e. The molecule has 0 N–H and O–H groups in total. The number of amides is 2. The van der Waals surface area contributed by atoms with Crippen LogP contribution in [0, 0.1) is 12.3 Å². The van der Waals surface area contributed by atoms with Crippen LogP contribution in [0.5, 0.6) is 23.0 Å². The van der Waals surface area contributed by atoms with Crippen LogP contribution in [0.1, 0.15) is 75.9 Å². The average Bonchev–Trinajstić information content (AvgIpc) is 3.63. The van der Waals surface area contributed by atoms with E-state index in [9.17, 15) is 9.59 Å². The predicted octanol–water partition coefficient (Wildman–Crippen LogP) is 6.77. The number of nitrogens with zero attached hydrogens (tertiary/aromatic N) is 3. The Morgan fingerprint density at radius 3 is 2.54 bits per heavy atom. The Bertz CT molecular complexity index is 1860. The molecule has 2 atom stereocenters. The number of carbonyl (C=O) groups is 2. The van der Waals surface area contributed by atoms with E-state index in [0.717, 1.165) is 66.0 Å². The summed E-state index contributed by atoms with van der Waals surface area (Å²) in [6.07, 6.45) is 10.5. The van der Waals surface area contributed by atoms with Crippen LogP contribution in [-0.2, 0) is 6.42 Å². The van der Waals surface area contributed by atoms with E-state index in [-0.39, 0.29) is 23.9 Å². The third kappa shape index (κ3) is 5.49. The minimum absolute atomic E-state index is 0.0157. The zero-order valence-corrected chi connectivity index (χ0v) is 27.8. The molecule has 1 saturated carbocycles. The number of carbonyl (C=O) groups excluding carboxylic acids is 2. The fraction of sp³-hybridized carbons (Fsp3) is 0.410. The largest absolute Gasteiger partial charge is 0.497 e. The Labute approximate surface area is 281 Å². The molecule has 0 radical (unpaired) electrons. The van der Waals surface area contributed by atoms with E-state index >= 15 is 0 Å². The van der Waals surface area contributed by atoms with Crippen molar-refractivity contribution in [2.45, 2.75) is 64.0 Å². The monoisotopic (exact) mass is 647 g/mol. The topological polar surface area (TPSA) is 89.9 Å². The first-order valence-corrected chi connectivity index (χ1v) is 17.0. The number of ether oxygens (including phenoxy) is 4. The summed E-state index contributed by atoms with van der Waals surface area (Å²) < 4.78 is 23.4. The summed E-state index contributed by atoms with van der Waals surface area (Å²) in [5, 5.41) is 0. The van der Waals surface area contributed by atoms with Crippen LogP contribution in [0.3, 0.4) is 0 Å². The molecule has 4 aliphatic heterocycles. The highest BCUT2D eigenvalue weighted by molar-refractivity contribution is 6.03. The summed E-state index contributed by atoms with van der Waals surface area (Å²) in [5.74, 6) is 2.75. The van der Waals surface area contributed by atoms with Crippen LogP contribution in [-0.4, -0.2) is 73.9 Å². The van der Waals surface area contributed by atoms with Crippen molar-refractivity contribution in [3.8, 4) is 23.0 Å². The SMILES string of the molecule is COc1cccc(C2=CN3C(=O)c4cc(OC)c(OCCCOc5cc6c(cc5C)C(=O)N5CC7(CC7)C[C@H]5C=N6)cc4CC[C@@H]3C2)c1. The third-order valence-corrected chi connectivity index (χ3v) is 10.7. The molecule has 1 aliphatic carbocycles. The lowest BCUT2D eigenvalue weighted by molar-refractivity contribution is 0.0765. The van der Waals surface area contributed by atoms with Gasteiger partial charge >= 0.3 is 0 Å². The van der Waals surface area contributed by atoms with Crippen LogP contribution >= 0.6 is 0 Å². The standard InChI is InChI=1S/C39H41N3O6/c1-24-14-32-33(40-21-29-20-39(10-11-39)23-42(29)38(32)44)19-34(24)47-12-5-13-48-36-17-26-8-9-28-15-27(25-6-4-7-30(16-25)45-2)22-41(28)37(43)31(26)18-35(36)46-3/h4,6-7,14,16-19,21-22,28-29H,5,8-13,15,20,23H2,1-3H3/t28-,29+/m1/s1.